The van der Waals surface area contributed by atoms with E-state index in [-0.39, 0.29) is 5.69 Å². The molecule has 0 aromatic heterocycles. The van der Waals surface area contributed by atoms with Crippen molar-refractivity contribution in [2.75, 3.05) is 12.4 Å². The number of amides is 1. The predicted molar refractivity (Wildman–Crippen MR) is 71.9 cm³/mol. The van der Waals surface area contributed by atoms with Gasteiger partial charge in [-0.1, -0.05) is 6.07 Å². The number of carbonyl (C=O) groups excluding carboxylic acids is 1. The standard InChI is InChI=1S/C15H12F3NO2/c1-21-13-4-2-3-12(9-13)19-14(20)15(17,18)10-5-7-11(16)8-6-10/h2-9H,1H3,(H,19,20). The number of anilines is 1. The molecule has 6 heteroatoms. The molecule has 0 atom stereocenters. The number of hydrogen-bond donors (Lipinski definition) is 1. The Morgan fingerprint density at radius 2 is 1.81 bits per heavy atom. The lowest BCUT2D eigenvalue weighted by molar-refractivity contribution is -0.140. The van der Waals surface area contributed by atoms with Crippen LogP contribution in [0.15, 0.2) is 48.5 Å². The number of hydrogen-bond acceptors (Lipinski definition) is 2. The van der Waals surface area contributed by atoms with E-state index in [9.17, 15) is 18.0 Å². The van der Waals surface area contributed by atoms with Gasteiger partial charge in [0, 0.05) is 17.3 Å². The lowest BCUT2D eigenvalue weighted by Crippen LogP contribution is -2.32. The molecule has 0 spiro atoms. The fourth-order valence-electron chi connectivity index (χ4n) is 1.70. The Balaban J connectivity index is 2.19. The largest absolute Gasteiger partial charge is 0.497 e. The molecule has 0 unspecified atom stereocenters. The van der Waals surface area contributed by atoms with E-state index in [1.165, 1.54) is 19.2 Å². The lowest BCUT2D eigenvalue weighted by atomic mass is 10.1. The molecule has 0 saturated heterocycles. The van der Waals surface area contributed by atoms with E-state index in [2.05, 4.69) is 5.32 Å². The highest BCUT2D eigenvalue weighted by atomic mass is 19.3. The summed E-state index contributed by atoms with van der Waals surface area (Å²) in [6.07, 6.45) is 0. The second kappa shape index (κ2) is 5.87. The smallest absolute Gasteiger partial charge is 0.350 e. The summed E-state index contributed by atoms with van der Waals surface area (Å²) in [7, 11) is 1.42. The first-order valence-electron chi connectivity index (χ1n) is 6.03. The molecular formula is C15H12F3NO2. The van der Waals surface area contributed by atoms with Crippen LogP contribution in [0.25, 0.3) is 0 Å². The molecule has 1 amide bonds. The van der Waals surface area contributed by atoms with Crippen molar-refractivity contribution < 1.29 is 22.7 Å². The molecule has 3 nitrogen and oxygen atoms in total. The lowest BCUT2D eigenvalue weighted by Gasteiger charge is -2.16. The van der Waals surface area contributed by atoms with E-state index in [0.717, 1.165) is 24.3 Å². The normalized spacial score (nSPS) is 11.0. The summed E-state index contributed by atoms with van der Waals surface area (Å²) in [5.41, 5.74) is -0.398. The van der Waals surface area contributed by atoms with Crippen molar-refractivity contribution in [1.82, 2.24) is 0 Å². The summed E-state index contributed by atoms with van der Waals surface area (Å²) >= 11 is 0. The van der Waals surface area contributed by atoms with Crippen molar-refractivity contribution in [2.24, 2.45) is 0 Å². The van der Waals surface area contributed by atoms with Gasteiger partial charge in [0.25, 0.3) is 5.91 Å². The first-order chi connectivity index (χ1) is 9.93. The number of carbonyl (C=O) groups is 1. The molecule has 0 aliphatic rings. The minimum atomic E-state index is -3.77. The Labute approximate surface area is 119 Å². The number of alkyl halides is 2. The number of halogens is 3. The number of rotatable bonds is 4. The summed E-state index contributed by atoms with van der Waals surface area (Å²) in [5.74, 6) is -5.49. The maximum absolute atomic E-state index is 14.0. The van der Waals surface area contributed by atoms with E-state index in [1.807, 2.05) is 0 Å². The van der Waals surface area contributed by atoms with Gasteiger partial charge in [-0.15, -0.1) is 0 Å². The Kier molecular flexibility index (Phi) is 4.16. The van der Waals surface area contributed by atoms with E-state index in [0.29, 0.717) is 5.75 Å². The van der Waals surface area contributed by atoms with Crippen LogP contribution in [-0.2, 0) is 10.7 Å². The minimum Gasteiger partial charge on any atom is -0.497 e. The average molecular weight is 295 g/mol. The Morgan fingerprint density at radius 1 is 1.14 bits per heavy atom. The van der Waals surface area contributed by atoms with Gasteiger partial charge in [-0.05, 0) is 36.4 Å². The molecule has 0 heterocycles. The zero-order valence-corrected chi connectivity index (χ0v) is 11.1. The van der Waals surface area contributed by atoms with Crippen molar-refractivity contribution >= 4 is 11.6 Å². The fourth-order valence-corrected chi connectivity index (χ4v) is 1.70. The first-order valence-corrected chi connectivity index (χ1v) is 6.03. The molecule has 0 radical (unpaired) electrons. The number of ether oxygens (including phenoxy) is 1. The van der Waals surface area contributed by atoms with E-state index in [1.54, 1.807) is 12.1 Å². The molecule has 2 rings (SSSR count). The number of benzene rings is 2. The van der Waals surface area contributed by atoms with Crippen LogP contribution in [0.2, 0.25) is 0 Å². The van der Waals surface area contributed by atoms with Gasteiger partial charge in [-0.2, -0.15) is 8.78 Å². The van der Waals surface area contributed by atoms with Gasteiger partial charge in [0.2, 0.25) is 0 Å². The number of methoxy groups -OCH3 is 1. The zero-order chi connectivity index (χ0) is 15.5. The van der Waals surface area contributed by atoms with Crippen LogP contribution in [0.5, 0.6) is 5.75 Å². The van der Waals surface area contributed by atoms with Gasteiger partial charge in [0.15, 0.2) is 0 Å². The Bertz CT molecular complexity index is 642. The van der Waals surface area contributed by atoms with Gasteiger partial charge in [0.1, 0.15) is 11.6 Å². The molecule has 0 aliphatic carbocycles. The minimum absolute atomic E-state index is 0.182. The Morgan fingerprint density at radius 3 is 2.43 bits per heavy atom. The molecule has 110 valence electrons. The van der Waals surface area contributed by atoms with Crippen molar-refractivity contribution in [3.05, 3.63) is 59.9 Å². The fraction of sp³-hybridized carbons (Fsp3) is 0.133. The van der Waals surface area contributed by atoms with Gasteiger partial charge in [-0.3, -0.25) is 4.79 Å². The molecular weight excluding hydrogens is 283 g/mol. The van der Waals surface area contributed by atoms with Gasteiger partial charge < -0.3 is 10.1 Å². The highest BCUT2D eigenvalue weighted by Gasteiger charge is 2.40. The third kappa shape index (κ3) is 3.34. The number of nitrogens with one attached hydrogen (secondary N) is 1. The maximum atomic E-state index is 14.0. The van der Waals surface area contributed by atoms with Crippen LogP contribution in [0, 0.1) is 5.82 Å². The average Bonchev–Trinajstić information content (AvgIpc) is 2.48. The molecule has 2 aromatic rings. The van der Waals surface area contributed by atoms with Crippen LogP contribution in [-0.4, -0.2) is 13.0 Å². The van der Waals surface area contributed by atoms with Crippen LogP contribution in [0.3, 0.4) is 0 Å². The molecule has 2 aromatic carbocycles. The van der Waals surface area contributed by atoms with Crippen LogP contribution in [0.1, 0.15) is 5.56 Å². The highest BCUT2D eigenvalue weighted by Crippen LogP contribution is 2.30. The monoisotopic (exact) mass is 295 g/mol. The summed E-state index contributed by atoms with van der Waals surface area (Å²) in [5, 5.41) is 2.11. The van der Waals surface area contributed by atoms with Gasteiger partial charge >= 0.3 is 5.92 Å². The van der Waals surface area contributed by atoms with Crippen LogP contribution < -0.4 is 10.1 Å². The van der Waals surface area contributed by atoms with Crippen molar-refractivity contribution in [2.45, 2.75) is 5.92 Å². The van der Waals surface area contributed by atoms with E-state index < -0.39 is 23.2 Å². The van der Waals surface area contributed by atoms with Gasteiger partial charge in [0.05, 0.1) is 7.11 Å². The summed E-state index contributed by atoms with van der Waals surface area (Å²) in [6.45, 7) is 0. The molecule has 0 fully saturated rings. The third-order valence-corrected chi connectivity index (χ3v) is 2.82. The topological polar surface area (TPSA) is 38.3 Å². The quantitative estimate of drug-likeness (QED) is 0.936. The highest BCUT2D eigenvalue weighted by molar-refractivity contribution is 5.96. The summed E-state index contributed by atoms with van der Waals surface area (Å²) in [6, 6.07) is 9.56. The Hall–Kier alpha value is -2.50. The maximum Gasteiger partial charge on any atom is 0.350 e. The molecule has 0 saturated carbocycles. The summed E-state index contributed by atoms with van der Waals surface area (Å²) in [4.78, 5) is 11.7. The summed E-state index contributed by atoms with van der Waals surface area (Å²) < 4.78 is 45.7. The van der Waals surface area contributed by atoms with Crippen molar-refractivity contribution in [1.29, 1.82) is 0 Å². The molecule has 0 aliphatic heterocycles. The molecule has 0 bridgehead atoms. The first kappa shape index (κ1) is 14.9. The van der Waals surface area contributed by atoms with Crippen LogP contribution in [0.4, 0.5) is 18.9 Å². The van der Waals surface area contributed by atoms with E-state index >= 15 is 0 Å². The van der Waals surface area contributed by atoms with E-state index in [4.69, 9.17) is 4.74 Å². The van der Waals surface area contributed by atoms with Gasteiger partial charge in [-0.25, -0.2) is 4.39 Å². The predicted octanol–water partition coefficient (Wildman–Crippen LogP) is 3.56. The molecule has 21 heavy (non-hydrogen) atoms. The SMILES string of the molecule is COc1cccc(NC(=O)C(F)(F)c2ccc(F)cc2)c1. The van der Waals surface area contributed by atoms with Crippen LogP contribution >= 0.6 is 0 Å². The third-order valence-electron chi connectivity index (χ3n) is 2.82. The molecule has 1 N–H and O–H groups in total. The van der Waals surface area contributed by atoms with Crippen molar-refractivity contribution in [3.8, 4) is 5.75 Å². The van der Waals surface area contributed by atoms with Crippen molar-refractivity contribution in [3.63, 3.8) is 0 Å². The second-order valence-corrected chi connectivity index (χ2v) is 4.27. The zero-order valence-electron chi connectivity index (χ0n) is 11.1. The second-order valence-electron chi connectivity index (χ2n) is 4.27.